The third-order valence-electron chi connectivity index (χ3n) is 4.77. The zero-order valence-electron chi connectivity index (χ0n) is 18.6. The summed E-state index contributed by atoms with van der Waals surface area (Å²) in [6.07, 6.45) is 18.2. The molecule has 0 aliphatic carbocycles. The summed E-state index contributed by atoms with van der Waals surface area (Å²) in [5.74, 6) is 0. The van der Waals surface area contributed by atoms with Gasteiger partial charge in [0.05, 0.1) is 0 Å². The van der Waals surface area contributed by atoms with Crippen molar-refractivity contribution in [1.82, 2.24) is 0 Å². The second kappa shape index (κ2) is 17.5. The van der Waals surface area contributed by atoms with Gasteiger partial charge in [0.1, 0.15) is 0 Å². The van der Waals surface area contributed by atoms with Crippen LogP contribution in [0.3, 0.4) is 0 Å². The van der Waals surface area contributed by atoms with Crippen LogP contribution in [-0.4, -0.2) is 31.7 Å². The molecule has 1 unspecified atom stereocenters. The summed E-state index contributed by atoms with van der Waals surface area (Å²) >= 11 is -1.56. The van der Waals surface area contributed by atoms with Crippen LogP contribution in [0.5, 0.6) is 0 Å². The third-order valence-corrected chi connectivity index (χ3v) is 8.98. The Morgan fingerprint density at radius 3 is 1.44 bits per heavy atom. The second-order valence-electron chi connectivity index (χ2n) is 8.75. The SMILES string of the molecule is CCCCCCCCCCCCCCCCOP(=O)(O)OCC[As](C)(C)C. The number of hydrogen-bond donors (Lipinski definition) is 1. The molecule has 0 spiro atoms. The van der Waals surface area contributed by atoms with Crippen molar-refractivity contribution in [3.05, 3.63) is 0 Å². The van der Waals surface area contributed by atoms with Crippen molar-refractivity contribution in [2.24, 2.45) is 0 Å². The summed E-state index contributed by atoms with van der Waals surface area (Å²) in [4.78, 5) is 9.65. The molecule has 0 aliphatic rings. The van der Waals surface area contributed by atoms with Gasteiger partial charge in [-0.1, -0.05) is 58.3 Å². The molecule has 0 aliphatic heterocycles. The minimum absolute atomic E-state index is 0.321. The molecule has 1 N–H and O–H groups in total. The van der Waals surface area contributed by atoms with Crippen molar-refractivity contribution in [2.75, 3.05) is 13.2 Å². The minimum atomic E-state index is -3.84. The van der Waals surface area contributed by atoms with Crippen molar-refractivity contribution >= 4 is 21.4 Å². The number of phosphoric acid groups is 1. The van der Waals surface area contributed by atoms with Gasteiger partial charge < -0.3 is 0 Å². The van der Waals surface area contributed by atoms with Gasteiger partial charge >= 0.3 is 114 Å². The molecule has 0 heterocycles. The average molecular weight is 469 g/mol. The average Bonchev–Trinajstić information content (AvgIpc) is 2.57. The fourth-order valence-electron chi connectivity index (χ4n) is 2.94. The Morgan fingerprint density at radius 1 is 0.667 bits per heavy atom. The Morgan fingerprint density at radius 2 is 1.04 bits per heavy atom. The zero-order chi connectivity index (χ0) is 20.4. The Bertz CT molecular complexity index is 372. The molecule has 0 aromatic rings. The molecule has 6 heteroatoms. The van der Waals surface area contributed by atoms with Crippen LogP contribution < -0.4 is 0 Å². The van der Waals surface area contributed by atoms with E-state index in [1.165, 1.54) is 77.0 Å². The molecule has 0 aromatic heterocycles. The molecule has 165 valence electrons. The van der Waals surface area contributed by atoms with Gasteiger partial charge in [0.2, 0.25) is 0 Å². The van der Waals surface area contributed by atoms with Crippen LogP contribution in [-0.2, 0) is 13.6 Å². The van der Waals surface area contributed by atoms with E-state index in [0.29, 0.717) is 13.2 Å². The molecule has 0 fully saturated rings. The first kappa shape index (κ1) is 27.7. The van der Waals surface area contributed by atoms with Crippen molar-refractivity contribution in [2.45, 2.75) is 119 Å². The molecule has 0 aromatic carbocycles. The van der Waals surface area contributed by atoms with Gasteiger partial charge in [-0.05, 0) is 0 Å². The van der Waals surface area contributed by atoms with E-state index in [1.54, 1.807) is 0 Å². The quantitative estimate of drug-likeness (QED) is 0.112. The van der Waals surface area contributed by atoms with Crippen LogP contribution in [0, 0.1) is 0 Å². The maximum absolute atomic E-state index is 11.8. The molecular weight excluding hydrogens is 422 g/mol. The zero-order valence-corrected chi connectivity index (χ0v) is 21.4. The van der Waals surface area contributed by atoms with E-state index in [1.807, 2.05) is 0 Å². The van der Waals surface area contributed by atoms with Crippen molar-refractivity contribution in [1.29, 1.82) is 0 Å². The van der Waals surface area contributed by atoms with Gasteiger partial charge in [0, 0.05) is 0 Å². The van der Waals surface area contributed by atoms with Gasteiger partial charge in [0.15, 0.2) is 0 Å². The van der Waals surface area contributed by atoms with Crippen LogP contribution in [0.2, 0.25) is 22.3 Å². The van der Waals surface area contributed by atoms with E-state index in [-0.39, 0.29) is 0 Å². The van der Waals surface area contributed by atoms with Crippen LogP contribution in [0.25, 0.3) is 0 Å². The fourth-order valence-corrected chi connectivity index (χ4v) is 5.35. The Balaban J connectivity index is 3.31. The molecular formula is C21H47AsO4P. The normalized spacial score (nSPS) is 14.4. The third kappa shape index (κ3) is 22.8. The van der Waals surface area contributed by atoms with E-state index in [4.69, 9.17) is 9.05 Å². The van der Waals surface area contributed by atoms with E-state index in [9.17, 15) is 9.46 Å². The van der Waals surface area contributed by atoms with Gasteiger partial charge in [-0.2, -0.15) is 0 Å². The van der Waals surface area contributed by atoms with Gasteiger partial charge in [-0.25, -0.2) is 0 Å². The molecule has 0 saturated heterocycles. The summed E-state index contributed by atoms with van der Waals surface area (Å²) in [6, 6.07) is 0. The van der Waals surface area contributed by atoms with E-state index >= 15 is 0 Å². The maximum atomic E-state index is 11.8. The monoisotopic (exact) mass is 469 g/mol. The summed E-state index contributed by atoms with van der Waals surface area (Å²) in [6.45, 7) is 2.92. The van der Waals surface area contributed by atoms with Gasteiger partial charge in [-0.15, -0.1) is 0 Å². The van der Waals surface area contributed by atoms with Crippen LogP contribution >= 0.6 is 7.82 Å². The predicted molar refractivity (Wildman–Crippen MR) is 120 cm³/mol. The molecule has 0 amide bonds. The second-order valence-corrected chi connectivity index (χ2v) is 20.7. The molecule has 0 bridgehead atoms. The molecule has 1 radical (unpaired) electrons. The molecule has 1 atom stereocenters. The van der Waals surface area contributed by atoms with Gasteiger partial charge in [-0.3, -0.25) is 0 Å². The number of phosphoric ester groups is 1. The van der Waals surface area contributed by atoms with Crippen molar-refractivity contribution in [3.63, 3.8) is 0 Å². The Labute approximate surface area is 172 Å². The van der Waals surface area contributed by atoms with Crippen molar-refractivity contribution < 1.29 is 18.5 Å². The molecule has 0 saturated carbocycles. The molecule has 0 rings (SSSR count). The first-order valence-electron chi connectivity index (χ1n) is 11.2. The van der Waals surface area contributed by atoms with Crippen LogP contribution in [0.15, 0.2) is 0 Å². The van der Waals surface area contributed by atoms with Crippen LogP contribution in [0.1, 0.15) is 96.8 Å². The topological polar surface area (TPSA) is 55.8 Å². The predicted octanol–water partition coefficient (Wildman–Crippen LogP) is 7.94. The number of rotatable bonds is 20. The summed E-state index contributed by atoms with van der Waals surface area (Å²) in [5.41, 5.74) is 6.75. The summed E-state index contributed by atoms with van der Waals surface area (Å²) in [7, 11) is -3.84. The first-order chi connectivity index (χ1) is 12.8. The summed E-state index contributed by atoms with van der Waals surface area (Å²) < 4.78 is 21.9. The van der Waals surface area contributed by atoms with E-state index < -0.39 is 21.4 Å². The van der Waals surface area contributed by atoms with Gasteiger partial charge in [0.25, 0.3) is 0 Å². The molecule has 4 nitrogen and oxygen atoms in total. The van der Waals surface area contributed by atoms with Crippen molar-refractivity contribution in [3.8, 4) is 0 Å². The number of unbranched alkanes of at least 4 members (excludes halogenated alkanes) is 13. The standard InChI is InChI=1S/C21H47AsO4P/c1-5-6-7-8-9-10-11-12-13-14-15-16-17-18-20-25-27(23,24)26-21-19-22(2,3)4/h5-21H2,1-4H3,(H,23,24). The van der Waals surface area contributed by atoms with E-state index in [0.717, 1.165) is 18.1 Å². The first-order valence-corrected chi connectivity index (χ1v) is 19.6. The number of hydrogen-bond acceptors (Lipinski definition) is 3. The Hall–Kier alpha value is 0.668. The fraction of sp³-hybridized carbons (Fsp3) is 1.00. The Kier molecular flexibility index (Phi) is 18.0. The molecule has 27 heavy (non-hydrogen) atoms. The summed E-state index contributed by atoms with van der Waals surface area (Å²) in [5, 5.41) is 0.908. The van der Waals surface area contributed by atoms with Crippen LogP contribution in [0.4, 0.5) is 0 Å². The van der Waals surface area contributed by atoms with E-state index in [2.05, 4.69) is 24.1 Å².